The summed E-state index contributed by atoms with van der Waals surface area (Å²) in [7, 11) is 0. The van der Waals surface area contributed by atoms with Crippen LogP contribution in [0, 0.1) is 11.8 Å². The Morgan fingerprint density at radius 1 is 0.944 bits per heavy atom. The van der Waals surface area contributed by atoms with E-state index in [0.29, 0.717) is 0 Å². The van der Waals surface area contributed by atoms with E-state index in [1.54, 1.807) is 0 Å². The average Bonchev–Trinajstić information content (AvgIpc) is 2.83. The van der Waals surface area contributed by atoms with Crippen LogP contribution < -0.4 is 0 Å². The lowest BCUT2D eigenvalue weighted by Crippen LogP contribution is -2.16. The molecule has 0 aliphatic heterocycles. The molecule has 2 rings (SSSR count). The molecule has 0 radical (unpaired) electrons. The number of hydrogen-bond acceptors (Lipinski definition) is 0. The Balaban J connectivity index is 2.02. The van der Waals surface area contributed by atoms with Crippen LogP contribution in [0.1, 0.15) is 90.9 Å². The van der Waals surface area contributed by atoms with E-state index in [1.165, 1.54) is 77.0 Å². The molecule has 104 valence electrons. The quantitative estimate of drug-likeness (QED) is 0.517. The van der Waals surface area contributed by atoms with Gasteiger partial charge in [0, 0.05) is 0 Å². The Hall–Kier alpha value is -0.260. The minimum atomic E-state index is 0.876. The maximum atomic E-state index is 2.54. The summed E-state index contributed by atoms with van der Waals surface area (Å²) in [6.45, 7) is 4.93. The van der Waals surface area contributed by atoms with Gasteiger partial charge in [-0.15, -0.1) is 0 Å². The summed E-state index contributed by atoms with van der Waals surface area (Å²) in [6.07, 6.45) is 17.5. The van der Waals surface area contributed by atoms with E-state index in [2.05, 4.69) is 13.8 Å². The summed E-state index contributed by atoms with van der Waals surface area (Å²) in [4.78, 5) is 0. The van der Waals surface area contributed by atoms with Crippen molar-refractivity contribution in [1.29, 1.82) is 0 Å². The van der Waals surface area contributed by atoms with Crippen molar-refractivity contribution in [1.82, 2.24) is 0 Å². The van der Waals surface area contributed by atoms with E-state index in [0.717, 1.165) is 11.8 Å². The van der Waals surface area contributed by atoms with E-state index >= 15 is 0 Å². The highest BCUT2D eigenvalue weighted by atomic mass is 14.3. The van der Waals surface area contributed by atoms with Crippen molar-refractivity contribution in [2.24, 2.45) is 11.8 Å². The molecule has 0 spiro atoms. The molecule has 0 bridgehead atoms. The normalized spacial score (nSPS) is 24.7. The molecule has 0 saturated heterocycles. The molecule has 2 fully saturated rings. The van der Waals surface area contributed by atoms with E-state index < -0.39 is 0 Å². The molecule has 0 nitrogen and oxygen atoms in total. The van der Waals surface area contributed by atoms with Crippen molar-refractivity contribution in [3.63, 3.8) is 0 Å². The molecule has 2 aliphatic carbocycles. The Morgan fingerprint density at radius 3 is 2.06 bits per heavy atom. The van der Waals surface area contributed by atoms with Gasteiger partial charge in [-0.25, -0.2) is 0 Å². The number of rotatable bonds is 3. The zero-order chi connectivity index (χ0) is 12.8. The zero-order valence-corrected chi connectivity index (χ0v) is 12.6. The Morgan fingerprint density at radius 2 is 1.50 bits per heavy atom. The fourth-order valence-corrected chi connectivity index (χ4v) is 4.29. The van der Waals surface area contributed by atoms with Gasteiger partial charge >= 0.3 is 0 Å². The third-order valence-corrected chi connectivity index (χ3v) is 5.45. The summed E-state index contributed by atoms with van der Waals surface area (Å²) in [5.41, 5.74) is 3.71. The zero-order valence-electron chi connectivity index (χ0n) is 12.6. The molecular formula is C18H32. The predicted molar refractivity (Wildman–Crippen MR) is 80.8 cm³/mol. The van der Waals surface area contributed by atoms with Crippen LogP contribution in [-0.2, 0) is 0 Å². The maximum Gasteiger partial charge on any atom is -0.0201 e. The van der Waals surface area contributed by atoms with Crippen molar-refractivity contribution in [2.45, 2.75) is 90.9 Å². The predicted octanol–water partition coefficient (Wildman–Crippen LogP) is 6.26. The second-order valence-electron chi connectivity index (χ2n) is 6.58. The van der Waals surface area contributed by atoms with Crippen molar-refractivity contribution >= 4 is 0 Å². The van der Waals surface area contributed by atoms with Gasteiger partial charge in [0.05, 0.1) is 0 Å². The minimum Gasteiger partial charge on any atom is -0.0707 e. The molecule has 1 atom stereocenters. The van der Waals surface area contributed by atoms with Gasteiger partial charge in [0.1, 0.15) is 0 Å². The summed E-state index contributed by atoms with van der Waals surface area (Å²) in [5.74, 6) is 1.87. The first kappa shape index (κ1) is 14.2. The first-order valence-corrected chi connectivity index (χ1v) is 8.53. The molecule has 18 heavy (non-hydrogen) atoms. The van der Waals surface area contributed by atoms with Crippen LogP contribution >= 0.6 is 0 Å². The molecule has 2 aliphatic rings. The third-order valence-electron chi connectivity index (χ3n) is 5.45. The van der Waals surface area contributed by atoms with Gasteiger partial charge in [0.15, 0.2) is 0 Å². The van der Waals surface area contributed by atoms with Gasteiger partial charge in [-0.3, -0.25) is 0 Å². The van der Waals surface area contributed by atoms with Crippen molar-refractivity contribution in [2.75, 3.05) is 0 Å². The van der Waals surface area contributed by atoms with Gasteiger partial charge < -0.3 is 0 Å². The summed E-state index contributed by atoms with van der Waals surface area (Å²) in [5, 5.41) is 0. The molecule has 0 amide bonds. The lowest BCUT2D eigenvalue weighted by molar-refractivity contribution is 0.305. The van der Waals surface area contributed by atoms with E-state index in [9.17, 15) is 0 Å². The number of hydrogen-bond donors (Lipinski definition) is 0. The van der Waals surface area contributed by atoms with Crippen LogP contribution in [0.3, 0.4) is 0 Å². The molecule has 0 aromatic heterocycles. The van der Waals surface area contributed by atoms with Crippen LogP contribution in [0.4, 0.5) is 0 Å². The summed E-state index contributed by atoms with van der Waals surface area (Å²) < 4.78 is 0. The molecule has 0 heterocycles. The molecule has 0 aromatic carbocycles. The topological polar surface area (TPSA) is 0 Å². The van der Waals surface area contributed by atoms with Crippen LogP contribution in [-0.4, -0.2) is 0 Å². The molecule has 2 saturated carbocycles. The SMILES string of the molecule is CCC(=C1CCCC1)C(C)C1CCCCCCC1. The van der Waals surface area contributed by atoms with Crippen LogP contribution in [0.15, 0.2) is 11.1 Å². The highest BCUT2D eigenvalue weighted by molar-refractivity contribution is 5.19. The van der Waals surface area contributed by atoms with Gasteiger partial charge in [-0.2, -0.15) is 0 Å². The van der Waals surface area contributed by atoms with E-state index in [-0.39, 0.29) is 0 Å². The maximum absolute atomic E-state index is 2.54. The smallest absolute Gasteiger partial charge is 0.0201 e. The van der Waals surface area contributed by atoms with Crippen LogP contribution in [0.5, 0.6) is 0 Å². The molecular weight excluding hydrogens is 216 g/mol. The fourth-order valence-electron chi connectivity index (χ4n) is 4.29. The average molecular weight is 248 g/mol. The lowest BCUT2D eigenvalue weighted by atomic mass is 9.77. The van der Waals surface area contributed by atoms with Gasteiger partial charge in [-0.05, 0) is 56.8 Å². The molecule has 1 unspecified atom stereocenters. The van der Waals surface area contributed by atoms with Gasteiger partial charge in [-0.1, -0.05) is 57.1 Å². The monoisotopic (exact) mass is 248 g/mol. The Kier molecular flexibility index (Phi) is 5.79. The first-order chi connectivity index (χ1) is 8.83. The second-order valence-corrected chi connectivity index (χ2v) is 6.58. The van der Waals surface area contributed by atoms with E-state index in [4.69, 9.17) is 0 Å². The fraction of sp³-hybridized carbons (Fsp3) is 0.889. The lowest BCUT2D eigenvalue weighted by Gasteiger charge is -2.29. The second kappa shape index (κ2) is 7.36. The third kappa shape index (κ3) is 3.62. The van der Waals surface area contributed by atoms with Crippen molar-refractivity contribution in [3.05, 3.63) is 11.1 Å². The molecule has 0 heteroatoms. The molecule has 0 N–H and O–H groups in total. The standard InChI is InChI=1S/C18H32/c1-3-18(17-13-9-10-14-17)15(2)16-11-7-5-4-6-8-12-16/h15-16H,3-14H2,1-2H3. The minimum absolute atomic E-state index is 0.876. The largest absolute Gasteiger partial charge is 0.0707 e. The summed E-state index contributed by atoms with van der Waals surface area (Å²) >= 11 is 0. The molecule has 0 aromatic rings. The van der Waals surface area contributed by atoms with Crippen molar-refractivity contribution < 1.29 is 0 Å². The number of allylic oxidation sites excluding steroid dienone is 2. The highest BCUT2D eigenvalue weighted by Gasteiger charge is 2.23. The van der Waals surface area contributed by atoms with Crippen LogP contribution in [0.25, 0.3) is 0 Å². The Labute approximate surface area is 114 Å². The van der Waals surface area contributed by atoms with Gasteiger partial charge in [0.2, 0.25) is 0 Å². The Bertz CT molecular complexity index is 258. The van der Waals surface area contributed by atoms with Gasteiger partial charge in [0.25, 0.3) is 0 Å². The van der Waals surface area contributed by atoms with Crippen LogP contribution in [0.2, 0.25) is 0 Å². The first-order valence-electron chi connectivity index (χ1n) is 8.53. The van der Waals surface area contributed by atoms with E-state index in [1.807, 2.05) is 11.1 Å². The summed E-state index contributed by atoms with van der Waals surface area (Å²) in [6, 6.07) is 0. The van der Waals surface area contributed by atoms with Crippen molar-refractivity contribution in [3.8, 4) is 0 Å². The highest BCUT2D eigenvalue weighted by Crippen LogP contribution is 2.38.